The van der Waals surface area contributed by atoms with Crippen molar-refractivity contribution in [2.24, 2.45) is 0 Å². The summed E-state index contributed by atoms with van der Waals surface area (Å²) in [5.74, 6) is -0.424. The first kappa shape index (κ1) is 18.4. The van der Waals surface area contributed by atoms with Crippen LogP contribution in [0.2, 0.25) is 0 Å². The molecule has 4 rings (SSSR count). The first-order valence-corrected chi connectivity index (χ1v) is 9.71. The first-order chi connectivity index (χ1) is 13.7. The van der Waals surface area contributed by atoms with Crippen molar-refractivity contribution in [1.82, 2.24) is 19.7 Å². The van der Waals surface area contributed by atoms with Gasteiger partial charge in [0, 0.05) is 38.6 Å². The molecule has 0 saturated carbocycles. The molecule has 0 unspecified atom stereocenters. The molecule has 2 aliphatic heterocycles. The zero-order valence-electron chi connectivity index (χ0n) is 16.0. The number of hydrogen-bond donors (Lipinski definition) is 0. The molecule has 6 nitrogen and oxygen atoms in total. The number of carbonyl (C=O) groups is 2. The van der Waals surface area contributed by atoms with E-state index in [2.05, 4.69) is 21.7 Å². The number of carbonyl (C=O) groups excluding carboxylic acids is 2. The van der Waals surface area contributed by atoms with Crippen molar-refractivity contribution in [2.75, 3.05) is 32.7 Å². The molecule has 1 saturated heterocycles. The summed E-state index contributed by atoms with van der Waals surface area (Å²) in [7, 11) is 0. The van der Waals surface area contributed by atoms with Gasteiger partial charge in [-0.05, 0) is 29.8 Å². The molecule has 0 N–H and O–H groups in total. The highest BCUT2D eigenvalue weighted by Gasteiger charge is 2.41. The molecular weight excluding hydrogens is 352 g/mol. The van der Waals surface area contributed by atoms with Crippen molar-refractivity contribution in [3.63, 3.8) is 0 Å². The zero-order valence-corrected chi connectivity index (χ0v) is 16.0. The normalized spacial score (nSPS) is 18.3. The van der Waals surface area contributed by atoms with Crippen LogP contribution in [0.3, 0.4) is 0 Å². The van der Waals surface area contributed by atoms with Crippen molar-refractivity contribution in [3.8, 4) is 0 Å². The number of likely N-dealkylation sites (N-methyl/N-ethyl adjacent to an activating group) is 1. The Hall–Kier alpha value is -2.99. The third-order valence-corrected chi connectivity index (χ3v) is 5.43. The van der Waals surface area contributed by atoms with Crippen molar-refractivity contribution in [3.05, 3.63) is 71.7 Å². The monoisotopic (exact) mass is 376 g/mol. The molecule has 1 aromatic carbocycles. The third kappa shape index (κ3) is 3.43. The number of imide groups is 1. The predicted octanol–water partition coefficient (Wildman–Crippen LogP) is 2.00. The fourth-order valence-corrected chi connectivity index (χ4v) is 3.82. The molecule has 1 aromatic heterocycles. The maximum absolute atomic E-state index is 13.3. The smallest absolute Gasteiger partial charge is 0.278 e. The lowest BCUT2D eigenvalue weighted by Gasteiger charge is -2.36. The van der Waals surface area contributed by atoms with E-state index < -0.39 is 0 Å². The summed E-state index contributed by atoms with van der Waals surface area (Å²) in [4.78, 5) is 36.4. The average Bonchev–Trinajstić information content (AvgIpc) is 3.00. The van der Waals surface area contributed by atoms with Crippen LogP contribution in [0.5, 0.6) is 0 Å². The molecule has 2 aliphatic rings. The van der Waals surface area contributed by atoms with E-state index in [-0.39, 0.29) is 18.4 Å². The van der Waals surface area contributed by atoms with Gasteiger partial charge in [0.25, 0.3) is 11.8 Å². The third-order valence-electron chi connectivity index (χ3n) is 5.43. The number of piperazine rings is 1. The Labute approximate surface area is 165 Å². The lowest BCUT2D eigenvalue weighted by Crippen LogP contribution is -2.47. The summed E-state index contributed by atoms with van der Waals surface area (Å²) >= 11 is 0. The van der Waals surface area contributed by atoms with Crippen LogP contribution < -0.4 is 0 Å². The van der Waals surface area contributed by atoms with E-state index in [0.717, 1.165) is 43.9 Å². The lowest BCUT2D eigenvalue weighted by atomic mass is 10.0. The van der Waals surface area contributed by atoms with Crippen LogP contribution >= 0.6 is 0 Å². The number of amides is 2. The number of nitrogens with zero attached hydrogens (tertiary/aromatic N) is 4. The molecule has 6 heteroatoms. The van der Waals surface area contributed by atoms with Gasteiger partial charge in [0.05, 0.1) is 12.1 Å². The van der Waals surface area contributed by atoms with E-state index in [9.17, 15) is 9.59 Å². The maximum Gasteiger partial charge on any atom is 0.278 e. The van der Waals surface area contributed by atoms with Gasteiger partial charge in [0.2, 0.25) is 0 Å². The van der Waals surface area contributed by atoms with E-state index in [0.29, 0.717) is 11.3 Å². The largest absolute Gasteiger partial charge is 0.364 e. The molecule has 2 amide bonds. The summed E-state index contributed by atoms with van der Waals surface area (Å²) in [6.07, 6.45) is 3.35. The van der Waals surface area contributed by atoms with E-state index in [1.807, 2.05) is 42.5 Å². The van der Waals surface area contributed by atoms with Crippen LogP contribution in [0.25, 0.3) is 5.57 Å². The zero-order chi connectivity index (χ0) is 19.5. The van der Waals surface area contributed by atoms with Gasteiger partial charge in [-0.1, -0.05) is 37.3 Å². The molecule has 2 aromatic rings. The summed E-state index contributed by atoms with van der Waals surface area (Å²) in [5, 5.41) is 0. The standard InChI is InChI=1S/C22H24N4O2/c1-2-24-12-14-25(15-13-24)20-19(18-6-4-3-5-7-18)21(27)26(22(20)28)16-17-8-10-23-11-9-17/h3-11H,2,12-16H2,1H3. The van der Waals surface area contributed by atoms with Gasteiger partial charge >= 0.3 is 0 Å². The molecular formula is C22H24N4O2. The Bertz CT molecular complexity index is 887. The second-order valence-corrected chi connectivity index (χ2v) is 7.06. The summed E-state index contributed by atoms with van der Waals surface area (Å²) < 4.78 is 0. The topological polar surface area (TPSA) is 56.8 Å². The molecule has 3 heterocycles. The molecule has 0 spiro atoms. The quantitative estimate of drug-likeness (QED) is 0.747. The van der Waals surface area contributed by atoms with Gasteiger partial charge in [0.1, 0.15) is 5.70 Å². The van der Waals surface area contributed by atoms with Crippen molar-refractivity contribution < 1.29 is 9.59 Å². The number of rotatable bonds is 5. The van der Waals surface area contributed by atoms with Crippen molar-refractivity contribution in [2.45, 2.75) is 13.5 Å². The fraction of sp³-hybridized carbons (Fsp3) is 0.318. The average molecular weight is 376 g/mol. The SMILES string of the molecule is CCN1CCN(C2=C(c3ccccc3)C(=O)N(Cc3ccncc3)C2=O)CC1. The van der Waals surface area contributed by atoms with Gasteiger partial charge in [-0.3, -0.25) is 19.5 Å². The molecule has 0 atom stereocenters. The highest BCUT2D eigenvalue weighted by atomic mass is 16.2. The lowest BCUT2D eigenvalue weighted by molar-refractivity contribution is -0.138. The van der Waals surface area contributed by atoms with E-state index in [1.54, 1.807) is 12.4 Å². The van der Waals surface area contributed by atoms with Gasteiger partial charge in [-0.25, -0.2) is 0 Å². The maximum atomic E-state index is 13.3. The highest BCUT2D eigenvalue weighted by molar-refractivity contribution is 6.35. The number of hydrogen-bond acceptors (Lipinski definition) is 5. The van der Waals surface area contributed by atoms with E-state index >= 15 is 0 Å². The van der Waals surface area contributed by atoms with Gasteiger partial charge in [0.15, 0.2) is 0 Å². The summed E-state index contributed by atoms with van der Waals surface area (Å²) in [5.41, 5.74) is 2.75. The minimum absolute atomic E-state index is 0.203. The fourth-order valence-electron chi connectivity index (χ4n) is 3.82. The predicted molar refractivity (Wildman–Crippen MR) is 107 cm³/mol. The van der Waals surface area contributed by atoms with Crippen LogP contribution in [0.15, 0.2) is 60.6 Å². The highest BCUT2D eigenvalue weighted by Crippen LogP contribution is 2.33. The second-order valence-electron chi connectivity index (χ2n) is 7.06. The Kier molecular flexibility index (Phi) is 5.21. The van der Waals surface area contributed by atoms with Crippen LogP contribution in [-0.2, 0) is 16.1 Å². The number of pyridine rings is 1. The Balaban J connectivity index is 1.69. The van der Waals surface area contributed by atoms with Gasteiger partial charge < -0.3 is 9.80 Å². The molecule has 1 fully saturated rings. The molecule has 28 heavy (non-hydrogen) atoms. The van der Waals surface area contributed by atoms with Gasteiger partial charge in [-0.15, -0.1) is 0 Å². The van der Waals surface area contributed by atoms with Crippen molar-refractivity contribution >= 4 is 17.4 Å². The Morgan fingerprint density at radius 2 is 1.57 bits per heavy atom. The number of benzene rings is 1. The second kappa shape index (κ2) is 7.94. The van der Waals surface area contributed by atoms with E-state index in [1.165, 1.54) is 4.90 Å². The van der Waals surface area contributed by atoms with Crippen LogP contribution in [0.1, 0.15) is 18.1 Å². The Morgan fingerprint density at radius 3 is 2.21 bits per heavy atom. The number of aromatic nitrogens is 1. The van der Waals surface area contributed by atoms with Crippen LogP contribution in [0, 0.1) is 0 Å². The van der Waals surface area contributed by atoms with Crippen LogP contribution in [-0.4, -0.2) is 64.2 Å². The van der Waals surface area contributed by atoms with Crippen LogP contribution in [0.4, 0.5) is 0 Å². The summed E-state index contributed by atoms with van der Waals surface area (Å²) in [6.45, 7) is 6.70. The first-order valence-electron chi connectivity index (χ1n) is 9.71. The molecule has 144 valence electrons. The molecule has 0 bridgehead atoms. The minimum atomic E-state index is -0.221. The van der Waals surface area contributed by atoms with Gasteiger partial charge in [-0.2, -0.15) is 0 Å². The minimum Gasteiger partial charge on any atom is -0.364 e. The van der Waals surface area contributed by atoms with Crippen molar-refractivity contribution in [1.29, 1.82) is 0 Å². The molecule has 0 aliphatic carbocycles. The van der Waals surface area contributed by atoms with E-state index in [4.69, 9.17) is 0 Å². The molecule has 0 radical (unpaired) electrons. The Morgan fingerprint density at radius 1 is 0.893 bits per heavy atom. The summed E-state index contributed by atoms with van der Waals surface area (Å²) in [6, 6.07) is 13.2.